The van der Waals surface area contributed by atoms with Gasteiger partial charge in [0, 0.05) is 27.1 Å². The molecule has 0 aliphatic heterocycles. The van der Waals surface area contributed by atoms with Crippen molar-refractivity contribution in [2.24, 2.45) is 9.98 Å². The van der Waals surface area contributed by atoms with Gasteiger partial charge in [0.2, 0.25) is 0 Å². The minimum Gasteiger partial charge on any atom is -0.507 e. The van der Waals surface area contributed by atoms with Crippen molar-refractivity contribution in [3.8, 4) is 11.5 Å². The van der Waals surface area contributed by atoms with E-state index in [1.165, 1.54) is 60.8 Å². The summed E-state index contributed by atoms with van der Waals surface area (Å²) in [7, 11) is 0. The predicted molar refractivity (Wildman–Crippen MR) is 149 cm³/mol. The second-order valence-electron chi connectivity index (χ2n) is 10.6. The summed E-state index contributed by atoms with van der Waals surface area (Å²) in [5.41, 5.74) is 8.45. The van der Waals surface area contributed by atoms with Crippen LogP contribution in [0.3, 0.4) is 0 Å². The Hall–Kier alpha value is -2.67. The lowest BCUT2D eigenvalue weighted by Gasteiger charge is -2.16. The second kappa shape index (κ2) is 8.19. The molecule has 2 fully saturated rings. The van der Waals surface area contributed by atoms with Gasteiger partial charge in [-0.15, -0.1) is 0 Å². The lowest BCUT2D eigenvalue weighted by atomic mass is 9.90. The smallest absolute Gasteiger partial charge is 0.124 e. The highest BCUT2D eigenvalue weighted by atomic mass is 127. The number of phenols is 2. The molecule has 0 aromatic heterocycles. The molecule has 4 aliphatic rings. The van der Waals surface area contributed by atoms with Gasteiger partial charge >= 0.3 is 0 Å². The Bertz CT molecular complexity index is 1430. The third kappa shape index (κ3) is 3.62. The Morgan fingerprint density at radius 3 is 1.60 bits per heavy atom. The molecule has 0 radical (unpaired) electrons. The average Bonchev–Trinajstić information content (AvgIpc) is 3.64. The molecule has 5 heteroatoms. The molecule has 2 saturated carbocycles. The number of aliphatic imine (C=N–C) groups is 2. The molecule has 2 N–H and O–H groups in total. The Balaban J connectivity index is 1.20. The van der Waals surface area contributed by atoms with Gasteiger partial charge in [-0.25, -0.2) is 0 Å². The highest BCUT2D eigenvalue weighted by Gasteiger charge is 2.38. The molecule has 3 aromatic rings. The third-order valence-electron chi connectivity index (χ3n) is 8.71. The number of halogens is 1. The summed E-state index contributed by atoms with van der Waals surface area (Å²) in [6.45, 7) is 0. The van der Waals surface area contributed by atoms with Crippen molar-refractivity contribution < 1.29 is 10.2 Å². The van der Waals surface area contributed by atoms with E-state index in [-0.39, 0.29) is 0 Å². The monoisotopic (exact) mass is 574 g/mol. The standard InChI is InChI=1S/C30H27IN2O2/c31-22-5-6-27(32-14-20-9-23-16-1-3-18(7-16)25(23)12-29(20)34)28(11-22)33-15-21-10-24-17-2-4-19(8-17)26(24)13-30(21)35/h5-6,9-19,34-35H,1-4,7-8H2. The number of nitrogens with zero attached hydrogens (tertiary/aromatic N) is 2. The van der Waals surface area contributed by atoms with E-state index in [9.17, 15) is 10.2 Å². The molecule has 4 unspecified atom stereocenters. The van der Waals surface area contributed by atoms with Gasteiger partial charge in [-0.2, -0.15) is 0 Å². The summed E-state index contributed by atoms with van der Waals surface area (Å²) in [6, 6.07) is 14.1. The van der Waals surface area contributed by atoms with E-state index < -0.39 is 0 Å². The number of hydrogen-bond acceptors (Lipinski definition) is 4. The number of fused-ring (bicyclic) bond motifs is 10. The van der Waals surface area contributed by atoms with E-state index in [0.29, 0.717) is 35.2 Å². The molecule has 4 aliphatic carbocycles. The summed E-state index contributed by atoms with van der Waals surface area (Å²) in [6.07, 6.45) is 11.0. The van der Waals surface area contributed by atoms with Gasteiger partial charge in [-0.05, 0) is 150 Å². The van der Waals surface area contributed by atoms with Gasteiger partial charge in [0.05, 0.1) is 11.4 Å². The number of aromatic hydroxyl groups is 2. The molecule has 35 heavy (non-hydrogen) atoms. The first-order chi connectivity index (χ1) is 17.0. The van der Waals surface area contributed by atoms with Crippen molar-refractivity contribution >= 4 is 46.4 Å². The van der Waals surface area contributed by atoms with Crippen molar-refractivity contribution in [3.05, 3.63) is 79.4 Å². The number of benzene rings is 3. The third-order valence-corrected chi connectivity index (χ3v) is 9.38. The van der Waals surface area contributed by atoms with Crippen LogP contribution in [0.5, 0.6) is 11.5 Å². The van der Waals surface area contributed by atoms with Crippen LogP contribution in [0.25, 0.3) is 0 Å². The van der Waals surface area contributed by atoms with Gasteiger partial charge in [0.15, 0.2) is 0 Å². The summed E-state index contributed by atoms with van der Waals surface area (Å²) < 4.78 is 1.07. The number of rotatable bonds is 4. The van der Waals surface area contributed by atoms with Crippen LogP contribution in [-0.2, 0) is 0 Å². The first kappa shape index (κ1) is 21.6. The molecule has 4 atom stereocenters. The molecule has 4 nitrogen and oxygen atoms in total. The summed E-state index contributed by atoms with van der Waals surface area (Å²) in [5, 5.41) is 21.3. The van der Waals surface area contributed by atoms with Crippen LogP contribution in [0.2, 0.25) is 0 Å². The second-order valence-corrected chi connectivity index (χ2v) is 11.9. The Kier molecular flexibility index (Phi) is 5.05. The molecular formula is C30H27IN2O2. The Morgan fingerprint density at radius 1 is 0.629 bits per heavy atom. The summed E-state index contributed by atoms with van der Waals surface area (Å²) >= 11 is 2.28. The molecule has 3 aromatic carbocycles. The van der Waals surface area contributed by atoms with Gasteiger partial charge < -0.3 is 10.2 Å². The van der Waals surface area contributed by atoms with E-state index in [4.69, 9.17) is 9.98 Å². The van der Waals surface area contributed by atoms with Crippen LogP contribution in [-0.4, -0.2) is 22.6 Å². The fraction of sp³-hybridized carbons (Fsp3) is 0.333. The zero-order valence-electron chi connectivity index (χ0n) is 19.4. The van der Waals surface area contributed by atoms with E-state index in [1.807, 2.05) is 30.3 Å². The zero-order chi connectivity index (χ0) is 23.7. The molecule has 176 valence electrons. The molecule has 7 rings (SSSR count). The minimum absolute atomic E-state index is 0.299. The maximum atomic E-state index is 10.7. The fourth-order valence-electron chi connectivity index (χ4n) is 6.98. The molecular weight excluding hydrogens is 547 g/mol. The number of hydrogen-bond donors (Lipinski definition) is 2. The largest absolute Gasteiger partial charge is 0.507 e. The van der Waals surface area contributed by atoms with Gasteiger partial charge in [-0.3, -0.25) is 9.98 Å². The summed E-state index contributed by atoms with van der Waals surface area (Å²) in [5.74, 6) is 3.11. The SMILES string of the molecule is Oc1cc2c(cc1C=Nc1ccc(I)cc1N=Cc1cc3c(cc1O)C1CCC3C1)C1CCC2C1. The lowest BCUT2D eigenvalue weighted by molar-refractivity contribution is 0.472. The molecule has 0 spiro atoms. The zero-order valence-corrected chi connectivity index (χ0v) is 21.6. The van der Waals surface area contributed by atoms with E-state index in [2.05, 4.69) is 34.7 Å². The minimum atomic E-state index is 0.299. The van der Waals surface area contributed by atoms with Crippen molar-refractivity contribution in [2.45, 2.75) is 62.2 Å². The quantitative estimate of drug-likeness (QED) is 0.246. The first-order valence-electron chi connectivity index (χ1n) is 12.6. The van der Waals surface area contributed by atoms with Crippen molar-refractivity contribution in [1.29, 1.82) is 0 Å². The average molecular weight is 574 g/mol. The Morgan fingerprint density at radius 2 is 1.09 bits per heavy atom. The molecule has 0 saturated heterocycles. The van der Waals surface area contributed by atoms with E-state index in [0.717, 1.165) is 26.1 Å². The van der Waals surface area contributed by atoms with Crippen molar-refractivity contribution in [1.82, 2.24) is 0 Å². The van der Waals surface area contributed by atoms with Gasteiger partial charge in [0.1, 0.15) is 11.5 Å². The molecule has 0 heterocycles. The van der Waals surface area contributed by atoms with Crippen LogP contribution in [0.1, 0.15) is 95.6 Å². The normalized spacial score (nSPS) is 25.7. The highest BCUT2D eigenvalue weighted by molar-refractivity contribution is 14.1. The van der Waals surface area contributed by atoms with Crippen LogP contribution < -0.4 is 0 Å². The van der Waals surface area contributed by atoms with E-state index in [1.54, 1.807) is 12.4 Å². The van der Waals surface area contributed by atoms with Crippen LogP contribution in [0, 0.1) is 3.57 Å². The van der Waals surface area contributed by atoms with Crippen LogP contribution in [0.15, 0.2) is 52.4 Å². The highest BCUT2D eigenvalue weighted by Crippen LogP contribution is 2.55. The maximum absolute atomic E-state index is 10.7. The van der Waals surface area contributed by atoms with Crippen molar-refractivity contribution in [3.63, 3.8) is 0 Å². The van der Waals surface area contributed by atoms with Crippen molar-refractivity contribution in [2.75, 3.05) is 0 Å². The van der Waals surface area contributed by atoms with Gasteiger partial charge in [0.25, 0.3) is 0 Å². The summed E-state index contributed by atoms with van der Waals surface area (Å²) in [4.78, 5) is 9.47. The van der Waals surface area contributed by atoms with Crippen LogP contribution >= 0.6 is 22.6 Å². The first-order valence-corrected chi connectivity index (χ1v) is 13.7. The van der Waals surface area contributed by atoms with Crippen LogP contribution in [0.4, 0.5) is 11.4 Å². The maximum Gasteiger partial charge on any atom is 0.124 e. The van der Waals surface area contributed by atoms with Gasteiger partial charge in [-0.1, -0.05) is 0 Å². The lowest BCUT2D eigenvalue weighted by Crippen LogP contribution is -1.99. The molecule has 4 bridgehead atoms. The fourth-order valence-corrected chi connectivity index (χ4v) is 7.45. The Labute approximate surface area is 219 Å². The number of phenolic OH excluding ortho intramolecular Hbond substituents is 2. The topological polar surface area (TPSA) is 65.2 Å². The molecule has 0 amide bonds. The van der Waals surface area contributed by atoms with E-state index >= 15 is 0 Å². The predicted octanol–water partition coefficient (Wildman–Crippen LogP) is 7.93.